The molecule has 1 aliphatic heterocycles. The molecule has 2 aromatic carbocycles. The number of rotatable bonds is 5. The van der Waals surface area contributed by atoms with E-state index in [1.807, 2.05) is 24.3 Å². The Hall–Kier alpha value is -2.56. The maximum atomic E-state index is 15.1. The van der Waals surface area contributed by atoms with Gasteiger partial charge in [0, 0.05) is 23.1 Å². The maximum absolute atomic E-state index is 15.1. The molecule has 4 nitrogen and oxygen atoms in total. The first kappa shape index (κ1) is 18.5. The molecule has 3 aliphatic rings. The SMILES string of the molecule is COc1ccc2c3c1O[C@@H]1C(F)CCC(CC2)[C@]31CCNC(=O)c1ccccc1. The minimum Gasteiger partial charge on any atom is -0.493 e. The van der Waals surface area contributed by atoms with Gasteiger partial charge in [0.2, 0.25) is 0 Å². The molecular weight excluding hydrogens is 369 g/mol. The van der Waals surface area contributed by atoms with Crippen molar-refractivity contribution in [3.05, 3.63) is 59.2 Å². The third kappa shape index (κ3) is 2.74. The lowest BCUT2D eigenvalue weighted by atomic mass is 9.55. The van der Waals surface area contributed by atoms with Crippen LogP contribution in [0.2, 0.25) is 0 Å². The van der Waals surface area contributed by atoms with E-state index in [4.69, 9.17) is 9.47 Å². The summed E-state index contributed by atoms with van der Waals surface area (Å²) >= 11 is 0. The van der Waals surface area contributed by atoms with E-state index in [1.165, 1.54) is 5.56 Å². The van der Waals surface area contributed by atoms with Gasteiger partial charge in [0.1, 0.15) is 12.3 Å². The highest BCUT2D eigenvalue weighted by Crippen LogP contribution is 2.62. The van der Waals surface area contributed by atoms with Gasteiger partial charge in [0.25, 0.3) is 5.91 Å². The van der Waals surface area contributed by atoms with Crippen molar-refractivity contribution in [3.8, 4) is 11.5 Å². The van der Waals surface area contributed by atoms with Crippen molar-refractivity contribution >= 4 is 5.91 Å². The molecule has 0 radical (unpaired) electrons. The zero-order chi connectivity index (χ0) is 20.0. The summed E-state index contributed by atoms with van der Waals surface area (Å²) in [4.78, 5) is 12.5. The lowest BCUT2D eigenvalue weighted by Crippen LogP contribution is -2.55. The van der Waals surface area contributed by atoms with Crippen molar-refractivity contribution in [1.29, 1.82) is 0 Å². The predicted octanol–water partition coefficient (Wildman–Crippen LogP) is 4.21. The fourth-order valence-corrected chi connectivity index (χ4v) is 5.85. The number of methoxy groups -OCH3 is 1. The summed E-state index contributed by atoms with van der Waals surface area (Å²) in [6.45, 7) is 0.493. The molecule has 152 valence electrons. The zero-order valence-electron chi connectivity index (χ0n) is 16.6. The molecule has 0 aromatic heterocycles. The summed E-state index contributed by atoms with van der Waals surface area (Å²) in [5.74, 6) is 1.68. The van der Waals surface area contributed by atoms with Crippen molar-refractivity contribution < 1.29 is 18.7 Å². The van der Waals surface area contributed by atoms with Crippen molar-refractivity contribution in [2.75, 3.05) is 13.7 Å². The van der Waals surface area contributed by atoms with Crippen LogP contribution in [0.15, 0.2) is 42.5 Å². The van der Waals surface area contributed by atoms with Crippen molar-refractivity contribution in [2.24, 2.45) is 5.92 Å². The summed E-state index contributed by atoms with van der Waals surface area (Å²) in [6, 6.07) is 13.2. The van der Waals surface area contributed by atoms with Gasteiger partial charge < -0.3 is 14.8 Å². The maximum Gasteiger partial charge on any atom is 0.251 e. The fraction of sp³-hybridized carbons (Fsp3) is 0.458. The van der Waals surface area contributed by atoms with Crippen LogP contribution in [-0.4, -0.2) is 31.8 Å². The Labute approximate surface area is 170 Å². The van der Waals surface area contributed by atoms with Crippen molar-refractivity contribution in [2.45, 2.75) is 49.8 Å². The molecule has 5 heteroatoms. The minimum atomic E-state index is -1.00. The van der Waals surface area contributed by atoms with Gasteiger partial charge >= 0.3 is 0 Å². The van der Waals surface area contributed by atoms with E-state index in [2.05, 4.69) is 11.4 Å². The molecule has 0 spiro atoms. The summed E-state index contributed by atoms with van der Waals surface area (Å²) in [6.07, 6.45) is 2.61. The molecule has 2 aromatic rings. The largest absolute Gasteiger partial charge is 0.493 e. The molecule has 2 unspecified atom stereocenters. The first-order chi connectivity index (χ1) is 14.1. The minimum absolute atomic E-state index is 0.0928. The number of amides is 1. The summed E-state index contributed by atoms with van der Waals surface area (Å²) in [5, 5.41) is 3.04. The average Bonchev–Trinajstić information content (AvgIpc) is 3.11. The van der Waals surface area contributed by atoms with Crippen molar-refractivity contribution in [3.63, 3.8) is 0 Å². The van der Waals surface area contributed by atoms with Crippen LogP contribution in [-0.2, 0) is 11.8 Å². The molecule has 0 bridgehead atoms. The molecule has 4 atom stereocenters. The highest BCUT2D eigenvalue weighted by atomic mass is 19.1. The van der Waals surface area contributed by atoms with Crippen LogP contribution in [0.25, 0.3) is 0 Å². The number of aryl methyl sites for hydroxylation is 1. The molecule has 1 fully saturated rings. The number of benzene rings is 2. The van der Waals surface area contributed by atoms with E-state index in [1.54, 1.807) is 19.2 Å². The van der Waals surface area contributed by atoms with Gasteiger partial charge in [-0.1, -0.05) is 24.3 Å². The van der Waals surface area contributed by atoms with E-state index in [0.717, 1.165) is 30.6 Å². The molecule has 1 amide bonds. The summed E-state index contributed by atoms with van der Waals surface area (Å²) < 4.78 is 26.9. The molecular formula is C24H26FNO3. The normalized spacial score (nSPS) is 29.0. The number of carbonyl (C=O) groups is 1. The van der Waals surface area contributed by atoms with Crippen LogP contribution in [0.5, 0.6) is 11.5 Å². The molecule has 29 heavy (non-hydrogen) atoms. The Morgan fingerprint density at radius 2 is 2.03 bits per heavy atom. The third-order valence-electron chi connectivity index (χ3n) is 7.12. The first-order valence-electron chi connectivity index (χ1n) is 10.5. The van der Waals surface area contributed by atoms with E-state index in [-0.39, 0.29) is 11.3 Å². The number of hydrogen-bond acceptors (Lipinski definition) is 3. The standard InChI is InChI=1S/C24H26FNO3/c1-28-19-12-8-15-7-9-17-10-11-18(25)22-24(17,20(15)21(19)29-22)13-14-26-23(27)16-5-3-2-4-6-16/h2-6,8,12,17-18,22H,7,9-11,13-14H2,1H3,(H,26,27)/t17?,18?,22-,24-/m1/s1. The Balaban J connectivity index is 1.47. The lowest BCUT2D eigenvalue weighted by Gasteiger charge is -2.49. The predicted molar refractivity (Wildman–Crippen MR) is 108 cm³/mol. The van der Waals surface area contributed by atoms with Crippen LogP contribution in [0.3, 0.4) is 0 Å². The third-order valence-corrected chi connectivity index (χ3v) is 7.12. The Bertz CT molecular complexity index is 931. The second kappa shape index (κ2) is 7.05. The molecule has 2 aliphatic carbocycles. The number of carbonyl (C=O) groups excluding carboxylic acids is 1. The molecule has 5 rings (SSSR count). The zero-order valence-corrected chi connectivity index (χ0v) is 16.6. The molecule has 1 saturated carbocycles. The van der Waals surface area contributed by atoms with Crippen LogP contribution < -0.4 is 14.8 Å². The topological polar surface area (TPSA) is 47.6 Å². The van der Waals surface area contributed by atoms with Crippen LogP contribution in [0, 0.1) is 5.92 Å². The summed E-state index contributed by atoms with van der Waals surface area (Å²) in [5.41, 5.74) is 2.62. The number of ether oxygens (including phenoxy) is 2. The van der Waals surface area contributed by atoms with E-state index < -0.39 is 12.3 Å². The quantitative estimate of drug-likeness (QED) is 0.825. The van der Waals surface area contributed by atoms with E-state index >= 15 is 4.39 Å². The highest BCUT2D eigenvalue weighted by Gasteiger charge is 2.61. The van der Waals surface area contributed by atoms with Gasteiger partial charge in [-0.15, -0.1) is 0 Å². The van der Waals surface area contributed by atoms with E-state index in [0.29, 0.717) is 36.6 Å². The van der Waals surface area contributed by atoms with Gasteiger partial charge in [0.05, 0.1) is 7.11 Å². The second-order valence-corrected chi connectivity index (χ2v) is 8.41. The van der Waals surface area contributed by atoms with Gasteiger partial charge in [-0.05, 0) is 61.8 Å². The Morgan fingerprint density at radius 3 is 2.83 bits per heavy atom. The smallest absolute Gasteiger partial charge is 0.251 e. The Kier molecular flexibility index (Phi) is 4.49. The van der Waals surface area contributed by atoms with Gasteiger partial charge in [0.15, 0.2) is 11.5 Å². The number of halogens is 1. The second-order valence-electron chi connectivity index (χ2n) is 8.41. The number of hydrogen-bond donors (Lipinski definition) is 1. The highest BCUT2D eigenvalue weighted by molar-refractivity contribution is 5.94. The first-order valence-corrected chi connectivity index (χ1v) is 10.5. The average molecular weight is 395 g/mol. The van der Waals surface area contributed by atoms with Crippen LogP contribution in [0.4, 0.5) is 4.39 Å². The molecule has 1 N–H and O–H groups in total. The number of alkyl halides is 1. The molecule has 1 heterocycles. The van der Waals surface area contributed by atoms with Gasteiger partial charge in [-0.25, -0.2) is 4.39 Å². The number of nitrogens with one attached hydrogen (secondary N) is 1. The van der Waals surface area contributed by atoms with Crippen molar-refractivity contribution in [1.82, 2.24) is 5.32 Å². The van der Waals surface area contributed by atoms with Crippen LogP contribution >= 0.6 is 0 Å². The van der Waals surface area contributed by atoms with Crippen LogP contribution in [0.1, 0.15) is 47.2 Å². The van der Waals surface area contributed by atoms with Gasteiger partial charge in [-0.2, -0.15) is 0 Å². The Morgan fingerprint density at radius 1 is 1.21 bits per heavy atom. The summed E-state index contributed by atoms with van der Waals surface area (Å²) in [7, 11) is 1.63. The monoisotopic (exact) mass is 395 g/mol. The lowest BCUT2D eigenvalue weighted by molar-refractivity contribution is -0.0219. The fourth-order valence-electron chi connectivity index (χ4n) is 5.85. The van der Waals surface area contributed by atoms with E-state index in [9.17, 15) is 4.79 Å². The molecule has 0 saturated heterocycles. The van der Waals surface area contributed by atoms with Gasteiger partial charge in [-0.3, -0.25) is 4.79 Å².